The molecule has 0 fully saturated rings. The molecule has 0 aliphatic carbocycles. The molecule has 0 saturated heterocycles. The van der Waals surface area contributed by atoms with Crippen molar-refractivity contribution in [1.29, 1.82) is 0 Å². The van der Waals surface area contributed by atoms with Gasteiger partial charge in [-0.25, -0.2) is 8.78 Å². The predicted molar refractivity (Wildman–Crippen MR) is 334 cm³/mol. The maximum absolute atomic E-state index is 11.2. The summed E-state index contributed by atoms with van der Waals surface area (Å²) >= 11 is 58.7. The van der Waals surface area contributed by atoms with Crippen molar-refractivity contribution in [3.63, 3.8) is 0 Å². The first-order valence-corrected chi connectivity index (χ1v) is 38.5. The van der Waals surface area contributed by atoms with Crippen molar-refractivity contribution < 1.29 is 250 Å². The van der Waals surface area contributed by atoms with Crippen LogP contribution in [-0.2, 0) is 160 Å². The average molecular weight is 1760 g/mol. The van der Waals surface area contributed by atoms with E-state index < -0.39 is 121 Å². The Labute approximate surface area is 640 Å². The zero-order valence-electron chi connectivity index (χ0n) is 47.8. The summed E-state index contributed by atoms with van der Waals surface area (Å²) in [4.78, 5) is 23.8. The molecule has 0 aromatic carbocycles. The van der Waals surface area contributed by atoms with Gasteiger partial charge in [0.15, 0.2) is 0 Å². The number of hydrogen-bond acceptors (Lipinski definition) is 18. The molecule has 0 radical (unpaired) electrons. The monoisotopic (exact) mass is 1760 g/mol. The van der Waals surface area contributed by atoms with Crippen LogP contribution in [0.3, 0.4) is 0 Å². The third-order valence-electron chi connectivity index (χ3n) is 7.81. The van der Waals surface area contributed by atoms with Crippen molar-refractivity contribution in [1.82, 2.24) is 0 Å². The first-order valence-electron chi connectivity index (χ1n) is 23.4. The van der Waals surface area contributed by atoms with Crippen LogP contribution in [0.5, 0.6) is 0 Å². The Bertz CT molecular complexity index is 854. The molecule has 0 unspecified atom stereocenters. The van der Waals surface area contributed by atoms with Gasteiger partial charge in [-0.05, 0) is 38.5 Å². The summed E-state index contributed by atoms with van der Waals surface area (Å²) in [5.74, 6) is 0.602. The molecule has 0 aliphatic rings. The number of aliphatic hydroxyl groups is 16. The van der Waals surface area contributed by atoms with E-state index in [0.29, 0.717) is 49.2 Å². The minimum atomic E-state index is -1.57. The van der Waals surface area contributed by atoms with Crippen LogP contribution in [0.4, 0.5) is 8.78 Å². The van der Waals surface area contributed by atoms with Gasteiger partial charge in [0.25, 0.3) is 0 Å². The summed E-state index contributed by atoms with van der Waals surface area (Å²) in [6, 6.07) is 0. The van der Waals surface area contributed by atoms with Gasteiger partial charge in [0, 0.05) is 22.2 Å². The van der Waals surface area contributed by atoms with E-state index in [1.165, 1.54) is 0 Å². The van der Waals surface area contributed by atoms with Gasteiger partial charge in [-0.2, -0.15) is 25.3 Å². The summed E-state index contributed by atoms with van der Waals surface area (Å²) in [5, 5.41) is 141. The molecule has 36 heteroatoms. The Morgan fingerprint density at radius 3 is 0.537 bits per heavy atom. The fourth-order valence-corrected chi connectivity index (χ4v) is 5.15. The van der Waals surface area contributed by atoms with Gasteiger partial charge in [0.1, 0.15) is 47.4 Å². The number of thiol groups is 2. The number of aliphatic hydroxyl groups excluding tert-OH is 16. The molecule has 16 N–H and O–H groups in total. The zero-order valence-corrected chi connectivity index (χ0v) is 69.8. The summed E-state index contributed by atoms with van der Waals surface area (Å²) in [7, 11) is 0. The minimum absolute atomic E-state index is 0.0217. The normalized spacial score (nSPS) is 14.8. The number of rotatable bonds is 24. The van der Waals surface area contributed by atoms with E-state index >= 15 is 0 Å². The summed E-state index contributed by atoms with van der Waals surface area (Å²) in [6.45, 7) is 8.89. The summed E-state index contributed by atoms with van der Waals surface area (Å²) in [6.07, 6.45) is -9.72. The van der Waals surface area contributed by atoms with Gasteiger partial charge in [-0.15, -0.1) is 69.6 Å². The van der Waals surface area contributed by atoms with E-state index in [4.69, 9.17) is 151 Å². The maximum atomic E-state index is 11.2. The molecule has 0 heterocycles. The molecule has 0 rings (SSSR count). The van der Waals surface area contributed by atoms with Crippen LogP contribution in [0, 0.1) is 0 Å². The van der Waals surface area contributed by atoms with Crippen molar-refractivity contribution in [3.8, 4) is 0 Å². The molecule has 0 saturated carbocycles. The first-order chi connectivity index (χ1) is 38.5. The first kappa shape index (κ1) is 130. The topological polar surface area (TPSA) is 324 Å². The van der Waals surface area contributed by atoms with Crippen molar-refractivity contribution in [3.05, 3.63) is 0 Å². The van der Waals surface area contributed by atoms with Crippen LogP contribution < -0.4 is 0 Å². The van der Waals surface area contributed by atoms with Crippen molar-refractivity contribution in [2.24, 2.45) is 0 Å². The molecule has 0 aromatic rings. The third-order valence-corrected chi connectivity index (χ3v) is 11.5. The fourth-order valence-electron chi connectivity index (χ4n) is 2.79. The van der Waals surface area contributed by atoms with E-state index in [-0.39, 0.29) is 23.3 Å². The van der Waals surface area contributed by atoms with Crippen molar-refractivity contribution >= 4 is 165 Å². The van der Waals surface area contributed by atoms with Crippen LogP contribution in [0.25, 0.3) is 0 Å². The molecular weight excluding hydrogens is 1670 g/mol. The van der Waals surface area contributed by atoms with Crippen LogP contribution in [-0.4, -0.2) is 275 Å². The summed E-state index contributed by atoms with van der Waals surface area (Å²) in [5.41, 5.74) is 0. The summed E-state index contributed by atoms with van der Waals surface area (Å²) < 4.78 is 22.5. The van der Waals surface area contributed by atoms with E-state index in [9.17, 15) is 8.78 Å². The van der Waals surface area contributed by atoms with Gasteiger partial charge < -0.3 is 81.7 Å². The van der Waals surface area contributed by atoms with Crippen LogP contribution in [0.15, 0.2) is 0 Å². The van der Waals surface area contributed by atoms with Gasteiger partial charge >= 0.3 is 198 Å². The standard InChI is InChI=1S/3C6H14O2.C4H8Br2O2.C4H6Cl4O2.C4H8Cl2O2.C4H8F2O2.C4H10O2S2.8CH2.8Ti/c3*1-3-5(7)6(8)4-2;5-1-3(7)4(8)2-6;5-3(6)1(9)2(10)4(7)8;2*5-1-3(7)4(8)2-6;5-3(1-7)4(6)2-8;;;;;;;;;;;;;;;;/h3*5-8H,3-4H2,1-2H3;3-4,7-8H,1-2H2;1-4,9-10H;2*3-4,7-8H,1-2H2;3-8H,1-2H2;8*1H2;;;;;;;;/t3*5-,6-;3-,4-;1-,2-;3*3-,4-;;;;;;;;;;;;;;;;/m00010110................/s1. The van der Waals surface area contributed by atoms with Crippen LogP contribution in [0.1, 0.15) is 80.1 Å². The molecule has 492 valence electrons. The Balaban J connectivity index is -0.0000000418. The Morgan fingerprint density at radius 2 is 0.463 bits per heavy atom. The molecule has 16 atom stereocenters. The molecule has 0 aliphatic heterocycles. The molecule has 0 amide bonds. The second kappa shape index (κ2) is 119. The molecular formula is C46H98Br2Cl6F2O16S2Ti8. The Kier molecular flexibility index (Phi) is 188. The molecule has 0 aromatic heterocycles. The Hall–Kier alpha value is 7.29. The Morgan fingerprint density at radius 1 is 0.317 bits per heavy atom. The van der Waals surface area contributed by atoms with Crippen molar-refractivity contribution in [2.45, 2.75) is 187 Å². The second-order valence-corrected chi connectivity index (χ2v) is 18.3. The zero-order chi connectivity index (χ0) is 70.3. The van der Waals surface area contributed by atoms with Gasteiger partial charge in [-0.3, -0.25) is 0 Å². The SMILES string of the molecule is CC[C@H](O)[C@@H](O)CC.CC[C@H](O)[C@@H](O)CC.CC[C@H](O)[C@@H](O)CC.O[C@@H](CS)[C@@H](O)CS.O[C@H](C(Cl)Cl)[C@H](O)C(Cl)Cl.O[C@H](CBr)[C@H](O)CBr.O[C@H](CCl)[C@H](O)CCl.O[C@H](CF)[C@H](O)CF.[CH2]=[Ti].[CH2]=[Ti].[CH2]=[Ti].[CH2]=[Ti].[CH2]=[Ti].[CH2]=[Ti].[CH2]=[Ti].[CH2]=[Ti]. The van der Waals surface area contributed by atoms with E-state index in [1.807, 2.05) is 41.5 Å². The molecule has 0 bridgehead atoms. The van der Waals surface area contributed by atoms with Gasteiger partial charge in [-0.1, -0.05) is 73.4 Å². The molecule has 16 nitrogen and oxygen atoms in total. The molecule has 82 heavy (non-hydrogen) atoms. The van der Waals surface area contributed by atoms with Crippen LogP contribution in [0.2, 0.25) is 0 Å². The third kappa shape index (κ3) is 115. The average Bonchev–Trinajstić information content (AvgIpc) is 3.55. The number of alkyl halides is 10. The van der Waals surface area contributed by atoms with Gasteiger partial charge in [0.05, 0.1) is 85.0 Å². The van der Waals surface area contributed by atoms with Crippen molar-refractivity contribution in [2.75, 3.05) is 47.3 Å². The fraction of sp³-hybridized carbons (Fsp3) is 0.826. The van der Waals surface area contributed by atoms with E-state index in [2.05, 4.69) is 95.7 Å². The van der Waals surface area contributed by atoms with Gasteiger partial charge in [0.2, 0.25) is 0 Å². The number of halogens is 10. The molecule has 0 spiro atoms. The van der Waals surface area contributed by atoms with E-state index in [0.717, 1.165) is 0 Å². The predicted octanol–water partition coefficient (Wildman–Crippen LogP) is 2.52. The van der Waals surface area contributed by atoms with Crippen LogP contribution >= 0.6 is 127 Å². The second-order valence-electron chi connectivity index (χ2n) is 13.3. The quantitative estimate of drug-likeness (QED) is 0.0375. The number of hydrogen-bond donors (Lipinski definition) is 18. The van der Waals surface area contributed by atoms with E-state index in [1.54, 1.807) is 160 Å².